The summed E-state index contributed by atoms with van der Waals surface area (Å²) in [7, 11) is 0. The quantitative estimate of drug-likeness (QED) is 0.368. The summed E-state index contributed by atoms with van der Waals surface area (Å²) in [4.78, 5) is 12.0. The lowest BCUT2D eigenvalue weighted by molar-refractivity contribution is -0.109. The number of aryl methyl sites for hydroxylation is 1. The van der Waals surface area contributed by atoms with Crippen LogP contribution in [0.15, 0.2) is 27.5 Å². The molecule has 0 amide bonds. The number of thioether (sulfide) groups is 1. The van der Waals surface area contributed by atoms with Crippen molar-refractivity contribution in [3.8, 4) is 0 Å². The molecule has 0 aliphatic heterocycles. The first-order valence-corrected chi connectivity index (χ1v) is 9.21. The van der Waals surface area contributed by atoms with E-state index in [1.54, 1.807) is 6.21 Å². The van der Waals surface area contributed by atoms with E-state index in [-0.39, 0.29) is 14.9 Å². The molecule has 128 valence electrons. The highest BCUT2D eigenvalue weighted by atomic mass is 32.2. The van der Waals surface area contributed by atoms with Crippen LogP contribution in [0.1, 0.15) is 45.7 Å². The van der Waals surface area contributed by atoms with Gasteiger partial charge in [0.25, 0.3) is 0 Å². The van der Waals surface area contributed by atoms with Crippen molar-refractivity contribution in [1.29, 1.82) is 0 Å². The molecule has 0 radical (unpaired) electrons. The summed E-state index contributed by atoms with van der Waals surface area (Å²) >= 11 is 3.97. The summed E-state index contributed by atoms with van der Waals surface area (Å²) in [6.07, 6.45) is 1.60. The Hall–Kier alpha value is -0.890. The Balaban J connectivity index is 0.00000108. The largest absolute Gasteiger partial charge is 0.591 e. The Morgan fingerprint density at radius 3 is 2.35 bits per heavy atom. The topological polar surface area (TPSA) is 72.7 Å². The van der Waals surface area contributed by atoms with Crippen molar-refractivity contribution in [2.24, 2.45) is 4.40 Å². The number of aliphatic hydroxyl groups excluding tert-OH is 1. The van der Waals surface area contributed by atoms with Gasteiger partial charge in [-0.2, -0.15) is 0 Å². The minimum atomic E-state index is -1.29. The highest BCUT2D eigenvalue weighted by Gasteiger charge is 2.25. The van der Waals surface area contributed by atoms with Crippen molar-refractivity contribution >= 4 is 51.7 Å². The van der Waals surface area contributed by atoms with Crippen LogP contribution in [0.5, 0.6) is 0 Å². The second-order valence-corrected chi connectivity index (χ2v) is 9.49. The average Bonchev–Trinajstić information content (AvgIpc) is 2.36. The number of thiocarbonyl (C=S) groups is 1. The van der Waals surface area contributed by atoms with E-state index in [9.17, 15) is 9.35 Å². The van der Waals surface area contributed by atoms with Crippen LogP contribution in [0.4, 0.5) is 0 Å². The van der Waals surface area contributed by atoms with Crippen molar-refractivity contribution in [3.63, 3.8) is 0 Å². The number of benzene rings is 1. The molecule has 0 bridgehead atoms. The van der Waals surface area contributed by atoms with Crippen molar-refractivity contribution in [3.05, 3.63) is 29.3 Å². The maximum absolute atomic E-state index is 11.9. The molecule has 0 heterocycles. The molecule has 23 heavy (non-hydrogen) atoms. The maximum atomic E-state index is 11.9. The van der Waals surface area contributed by atoms with Gasteiger partial charge in [0.1, 0.15) is 16.1 Å². The normalized spacial score (nSPS) is 12.5. The van der Waals surface area contributed by atoms with E-state index in [0.29, 0.717) is 0 Å². The predicted molar refractivity (Wildman–Crippen MR) is 104 cm³/mol. The first-order valence-electron chi connectivity index (χ1n) is 6.88. The summed E-state index contributed by atoms with van der Waals surface area (Å²) in [5.41, 5.74) is 1.91. The maximum Gasteiger partial charge on any atom is 0.190 e. The van der Waals surface area contributed by atoms with Gasteiger partial charge in [0, 0.05) is 24.3 Å². The van der Waals surface area contributed by atoms with Crippen LogP contribution in [0.2, 0.25) is 0 Å². The summed E-state index contributed by atoms with van der Waals surface area (Å²) < 4.78 is 15.6. The number of carbonyl (C=O) groups excluding carboxylic acids is 1. The van der Waals surface area contributed by atoms with E-state index < -0.39 is 11.4 Å². The molecule has 0 saturated carbocycles. The Bertz CT molecular complexity index is 576. The summed E-state index contributed by atoms with van der Waals surface area (Å²) in [5, 5.41) is 7.81. The molecular formula is C16H23NO3S3. The van der Waals surface area contributed by atoms with E-state index in [1.165, 1.54) is 13.8 Å². The minimum absolute atomic E-state index is 0.000000000000000222. The van der Waals surface area contributed by atoms with Crippen molar-refractivity contribution in [2.75, 3.05) is 0 Å². The van der Waals surface area contributed by atoms with Crippen LogP contribution in [-0.2, 0) is 16.2 Å². The highest BCUT2D eigenvalue weighted by Crippen LogP contribution is 2.24. The van der Waals surface area contributed by atoms with Gasteiger partial charge in [-0.25, -0.2) is 0 Å². The molecular weight excluding hydrogens is 350 g/mol. The van der Waals surface area contributed by atoms with E-state index in [2.05, 4.69) is 16.6 Å². The molecule has 0 fully saturated rings. The number of rotatable bonds is 3. The summed E-state index contributed by atoms with van der Waals surface area (Å²) in [5.74, 6) is 0. The zero-order valence-electron chi connectivity index (χ0n) is 14.2. The van der Waals surface area contributed by atoms with Crippen molar-refractivity contribution in [2.45, 2.75) is 51.2 Å². The molecule has 1 aromatic carbocycles. The van der Waals surface area contributed by atoms with E-state index in [1.807, 2.05) is 45.9 Å². The smallest absolute Gasteiger partial charge is 0.190 e. The predicted octanol–water partition coefficient (Wildman–Crippen LogP) is 4.41. The van der Waals surface area contributed by atoms with Crippen LogP contribution in [-0.4, -0.2) is 30.8 Å². The molecule has 0 spiro atoms. The number of carbonyl (C=O) groups is 1. The SMILES string of the molecule is CC(=O)Sc1ccc(C)cc1/C=N/[S+]([O-])C(C)(C)C.CC(O)=S. The zero-order valence-corrected chi connectivity index (χ0v) is 16.7. The molecule has 4 nitrogen and oxygen atoms in total. The van der Waals surface area contributed by atoms with Gasteiger partial charge in [-0.15, -0.1) is 0 Å². The number of nitrogens with zero attached hydrogens (tertiary/aromatic N) is 1. The van der Waals surface area contributed by atoms with Gasteiger partial charge in [0.2, 0.25) is 0 Å². The Morgan fingerprint density at radius 2 is 1.91 bits per heavy atom. The van der Waals surface area contributed by atoms with Gasteiger partial charge in [-0.1, -0.05) is 27.8 Å². The van der Waals surface area contributed by atoms with Gasteiger partial charge in [0.15, 0.2) is 10.2 Å². The standard InChI is InChI=1S/C14H19NO2S2.C2H4OS/c1-10-6-7-13(18-11(2)16)12(8-10)9-15-19(17)14(3,4)5;1-2(3)4/h6-9H,1-5H3;1H3,(H,3,4)/b15-9+;. The van der Waals surface area contributed by atoms with Crippen LogP contribution in [0.3, 0.4) is 0 Å². The second kappa shape index (κ2) is 10.1. The van der Waals surface area contributed by atoms with Crippen LogP contribution < -0.4 is 0 Å². The number of aliphatic hydroxyl groups is 1. The van der Waals surface area contributed by atoms with Gasteiger partial charge in [-0.05, 0) is 52.0 Å². The molecule has 1 aromatic rings. The number of hydrogen-bond acceptors (Lipinski definition) is 5. The Kier molecular flexibility index (Phi) is 9.68. The monoisotopic (exact) mass is 373 g/mol. The van der Waals surface area contributed by atoms with Crippen molar-refractivity contribution < 1.29 is 14.5 Å². The molecule has 0 aromatic heterocycles. The lowest BCUT2D eigenvalue weighted by Crippen LogP contribution is -2.25. The summed E-state index contributed by atoms with van der Waals surface area (Å²) in [6.45, 7) is 10.6. The second-order valence-electron chi connectivity index (χ2n) is 5.75. The third kappa shape index (κ3) is 10.5. The molecule has 0 aliphatic carbocycles. The van der Waals surface area contributed by atoms with Gasteiger partial charge < -0.3 is 9.66 Å². The fraction of sp³-hybridized carbons (Fsp3) is 0.438. The molecule has 7 heteroatoms. The minimum Gasteiger partial charge on any atom is -0.591 e. The van der Waals surface area contributed by atoms with E-state index >= 15 is 0 Å². The lowest BCUT2D eigenvalue weighted by atomic mass is 10.1. The van der Waals surface area contributed by atoms with Crippen LogP contribution in [0, 0.1) is 6.92 Å². The molecule has 1 unspecified atom stereocenters. The first-order chi connectivity index (χ1) is 10.4. The molecule has 0 aliphatic rings. The molecule has 1 rings (SSSR count). The van der Waals surface area contributed by atoms with Crippen LogP contribution in [0.25, 0.3) is 0 Å². The van der Waals surface area contributed by atoms with Crippen LogP contribution >= 0.6 is 24.0 Å². The van der Waals surface area contributed by atoms with Crippen molar-refractivity contribution in [1.82, 2.24) is 0 Å². The molecule has 0 saturated heterocycles. The summed E-state index contributed by atoms with van der Waals surface area (Å²) in [6, 6.07) is 5.78. The Morgan fingerprint density at radius 1 is 1.39 bits per heavy atom. The Labute approximate surface area is 151 Å². The van der Waals surface area contributed by atoms with E-state index in [0.717, 1.165) is 27.8 Å². The number of hydrogen-bond donors (Lipinski definition) is 1. The molecule has 1 atom stereocenters. The van der Waals surface area contributed by atoms with Gasteiger partial charge >= 0.3 is 0 Å². The average molecular weight is 374 g/mol. The zero-order chi connectivity index (χ0) is 18.2. The fourth-order valence-electron chi connectivity index (χ4n) is 1.28. The van der Waals surface area contributed by atoms with E-state index in [4.69, 9.17) is 5.11 Å². The lowest BCUT2D eigenvalue weighted by Gasteiger charge is -2.17. The highest BCUT2D eigenvalue weighted by molar-refractivity contribution is 8.13. The third-order valence-electron chi connectivity index (χ3n) is 2.23. The first kappa shape index (κ1) is 22.1. The fourth-order valence-corrected chi connectivity index (χ4v) is 2.48. The van der Waals surface area contributed by atoms with Gasteiger partial charge in [-0.3, -0.25) is 4.79 Å². The van der Waals surface area contributed by atoms with Gasteiger partial charge in [0.05, 0.1) is 6.21 Å². The molecule has 1 N–H and O–H groups in total. The third-order valence-corrected chi connectivity index (χ3v) is 4.45.